The van der Waals surface area contributed by atoms with Crippen molar-refractivity contribution in [1.29, 1.82) is 0 Å². The van der Waals surface area contributed by atoms with Crippen molar-refractivity contribution in [1.82, 2.24) is 5.48 Å². The molecule has 0 saturated carbocycles. The van der Waals surface area contributed by atoms with Crippen molar-refractivity contribution in [3.8, 4) is 0 Å². The molecule has 1 rings (SSSR count). The molecular weight excluding hydrogens is 214 g/mol. The van der Waals surface area contributed by atoms with Crippen molar-refractivity contribution in [3.05, 3.63) is 35.4 Å². The van der Waals surface area contributed by atoms with Crippen LogP contribution in [0.5, 0.6) is 0 Å². The van der Waals surface area contributed by atoms with Crippen molar-refractivity contribution in [3.63, 3.8) is 0 Å². The van der Waals surface area contributed by atoms with E-state index in [0.29, 0.717) is 0 Å². The van der Waals surface area contributed by atoms with Crippen LogP contribution in [0.4, 0.5) is 0 Å². The number of rotatable bonds is 5. The summed E-state index contributed by atoms with van der Waals surface area (Å²) in [6, 6.07) is 5.72. The van der Waals surface area contributed by atoms with Crippen LogP contribution in [-0.2, 0) is 4.84 Å². The van der Waals surface area contributed by atoms with Gasteiger partial charge in [0.05, 0.1) is 24.3 Å². The highest BCUT2D eigenvalue weighted by Gasteiger charge is 2.16. The van der Waals surface area contributed by atoms with Gasteiger partial charge in [-0.1, -0.05) is 12.1 Å². The van der Waals surface area contributed by atoms with E-state index in [1.165, 1.54) is 24.3 Å². The average molecular weight is 225 g/mol. The molecule has 1 aromatic rings. The van der Waals surface area contributed by atoms with Gasteiger partial charge in [0.25, 0.3) is 0 Å². The lowest BCUT2D eigenvalue weighted by molar-refractivity contribution is 0.0219. The number of aliphatic hydroxyl groups is 1. The summed E-state index contributed by atoms with van der Waals surface area (Å²) < 4.78 is 0. The first-order chi connectivity index (χ1) is 7.66. The Morgan fingerprint density at radius 1 is 1.25 bits per heavy atom. The van der Waals surface area contributed by atoms with Gasteiger partial charge >= 0.3 is 11.9 Å². The van der Waals surface area contributed by atoms with Crippen molar-refractivity contribution in [2.75, 3.05) is 13.2 Å². The smallest absolute Gasteiger partial charge is 0.357 e. The topological polar surface area (TPSA) is 95.9 Å². The monoisotopic (exact) mass is 225 g/mol. The quantitative estimate of drug-likeness (QED) is 0.483. The van der Waals surface area contributed by atoms with Gasteiger partial charge in [-0.05, 0) is 12.1 Å². The van der Waals surface area contributed by atoms with Crippen LogP contribution >= 0.6 is 0 Å². The zero-order valence-corrected chi connectivity index (χ0v) is 8.34. The number of hydrogen-bond acceptors (Lipinski definition) is 5. The maximum Gasteiger partial charge on any atom is 0.357 e. The maximum absolute atomic E-state index is 11.4. The maximum atomic E-state index is 11.4. The minimum absolute atomic E-state index is 0.0413. The van der Waals surface area contributed by atoms with Crippen molar-refractivity contribution >= 4 is 11.9 Å². The van der Waals surface area contributed by atoms with E-state index >= 15 is 0 Å². The lowest BCUT2D eigenvalue weighted by atomic mass is 10.1. The molecule has 3 N–H and O–H groups in total. The Hall–Kier alpha value is -1.92. The molecule has 16 heavy (non-hydrogen) atoms. The largest absolute Gasteiger partial charge is 0.478 e. The van der Waals surface area contributed by atoms with E-state index in [0.717, 1.165) is 0 Å². The summed E-state index contributed by atoms with van der Waals surface area (Å²) in [5.41, 5.74) is 2.04. The normalized spacial score (nSPS) is 9.81. The number of benzene rings is 1. The van der Waals surface area contributed by atoms with Gasteiger partial charge in [-0.3, -0.25) is 0 Å². The first-order valence-electron chi connectivity index (χ1n) is 4.54. The number of aromatic carboxylic acids is 1. The molecule has 0 aliphatic rings. The molecule has 0 radical (unpaired) electrons. The minimum atomic E-state index is -1.20. The number of carbonyl (C=O) groups excluding carboxylic acids is 1. The van der Waals surface area contributed by atoms with Crippen LogP contribution in [0.25, 0.3) is 0 Å². The first-order valence-corrected chi connectivity index (χ1v) is 4.54. The van der Waals surface area contributed by atoms with Crippen LogP contribution in [-0.4, -0.2) is 35.3 Å². The van der Waals surface area contributed by atoms with Crippen LogP contribution in [0.2, 0.25) is 0 Å². The number of carboxylic acid groups (broad SMARTS) is 1. The standard InChI is InChI=1S/C10H11NO5/c12-6-5-11-16-10(15)8-4-2-1-3-7(8)9(13)14/h1-4,11-12H,5-6H2,(H,13,14). The summed E-state index contributed by atoms with van der Waals surface area (Å²) in [4.78, 5) is 26.8. The summed E-state index contributed by atoms with van der Waals surface area (Å²) in [5, 5.41) is 17.3. The van der Waals surface area contributed by atoms with Gasteiger partial charge in [0.1, 0.15) is 0 Å². The molecule has 0 spiro atoms. The second kappa shape index (κ2) is 5.84. The Morgan fingerprint density at radius 2 is 1.88 bits per heavy atom. The molecular formula is C10H11NO5. The molecule has 1 aromatic carbocycles. The number of hydroxylamine groups is 1. The Labute approximate surface area is 91.4 Å². The third-order valence-corrected chi connectivity index (χ3v) is 1.76. The molecule has 6 heteroatoms. The van der Waals surface area contributed by atoms with Crippen LogP contribution in [0.15, 0.2) is 24.3 Å². The molecule has 0 aliphatic carbocycles. The molecule has 0 aromatic heterocycles. The van der Waals surface area contributed by atoms with Crippen molar-refractivity contribution < 1.29 is 24.6 Å². The summed E-state index contributed by atoms with van der Waals surface area (Å²) in [5.74, 6) is -2.00. The molecule has 0 atom stereocenters. The second-order valence-electron chi connectivity index (χ2n) is 2.86. The van der Waals surface area contributed by atoms with E-state index < -0.39 is 11.9 Å². The van der Waals surface area contributed by atoms with E-state index in [9.17, 15) is 9.59 Å². The predicted molar refractivity (Wildman–Crippen MR) is 53.9 cm³/mol. The molecule has 0 amide bonds. The van der Waals surface area contributed by atoms with Crippen molar-refractivity contribution in [2.24, 2.45) is 0 Å². The van der Waals surface area contributed by atoms with E-state index in [4.69, 9.17) is 10.2 Å². The Bertz CT molecular complexity index is 391. The zero-order valence-electron chi connectivity index (χ0n) is 8.34. The average Bonchev–Trinajstić information content (AvgIpc) is 2.29. The minimum Gasteiger partial charge on any atom is -0.478 e. The predicted octanol–water partition coefficient (Wildman–Crippen LogP) is 0.0385. The zero-order chi connectivity index (χ0) is 12.0. The van der Waals surface area contributed by atoms with Gasteiger partial charge in [-0.15, -0.1) is 0 Å². The van der Waals surface area contributed by atoms with Crippen molar-refractivity contribution in [2.45, 2.75) is 0 Å². The molecule has 0 heterocycles. The van der Waals surface area contributed by atoms with Crippen LogP contribution in [0, 0.1) is 0 Å². The highest BCUT2D eigenvalue weighted by molar-refractivity contribution is 6.02. The molecule has 0 bridgehead atoms. The first kappa shape index (κ1) is 12.2. The Kier molecular flexibility index (Phi) is 4.43. The molecule has 0 unspecified atom stereocenters. The second-order valence-corrected chi connectivity index (χ2v) is 2.86. The number of nitrogens with one attached hydrogen (secondary N) is 1. The fourth-order valence-corrected chi connectivity index (χ4v) is 1.06. The van der Waals surface area contributed by atoms with Crippen LogP contribution in [0.3, 0.4) is 0 Å². The summed E-state index contributed by atoms with van der Waals surface area (Å²) >= 11 is 0. The van der Waals surface area contributed by atoms with Crippen LogP contribution < -0.4 is 5.48 Å². The highest BCUT2D eigenvalue weighted by Crippen LogP contribution is 2.09. The third kappa shape index (κ3) is 3.04. The van der Waals surface area contributed by atoms with Gasteiger partial charge in [0.2, 0.25) is 0 Å². The summed E-state index contributed by atoms with van der Waals surface area (Å²) in [7, 11) is 0. The molecule has 0 aliphatic heterocycles. The van der Waals surface area contributed by atoms with Gasteiger partial charge in [-0.25, -0.2) is 9.59 Å². The third-order valence-electron chi connectivity index (χ3n) is 1.76. The van der Waals surface area contributed by atoms with Gasteiger partial charge in [0, 0.05) is 0 Å². The molecule has 86 valence electrons. The number of carbonyl (C=O) groups is 2. The summed E-state index contributed by atoms with van der Waals surface area (Å²) in [6.07, 6.45) is 0. The number of aliphatic hydroxyl groups excluding tert-OH is 1. The van der Waals surface area contributed by atoms with Gasteiger partial charge in [-0.2, -0.15) is 5.48 Å². The Balaban J connectivity index is 2.78. The Morgan fingerprint density at radius 3 is 2.44 bits per heavy atom. The lowest BCUT2D eigenvalue weighted by Crippen LogP contribution is -2.24. The van der Waals surface area contributed by atoms with E-state index in [-0.39, 0.29) is 24.3 Å². The highest BCUT2D eigenvalue weighted by atomic mass is 16.7. The van der Waals surface area contributed by atoms with Crippen LogP contribution in [0.1, 0.15) is 20.7 Å². The van der Waals surface area contributed by atoms with E-state index in [2.05, 4.69) is 10.3 Å². The SMILES string of the molecule is O=C(O)c1ccccc1C(=O)ONCCO. The van der Waals surface area contributed by atoms with E-state index in [1.54, 1.807) is 0 Å². The molecule has 6 nitrogen and oxygen atoms in total. The fourth-order valence-electron chi connectivity index (χ4n) is 1.06. The number of hydrogen-bond donors (Lipinski definition) is 3. The van der Waals surface area contributed by atoms with E-state index in [1.807, 2.05) is 0 Å². The molecule has 0 fully saturated rings. The lowest BCUT2D eigenvalue weighted by Gasteiger charge is -2.06. The fraction of sp³-hybridized carbons (Fsp3) is 0.200. The van der Waals surface area contributed by atoms with Gasteiger partial charge in [0.15, 0.2) is 0 Å². The summed E-state index contributed by atoms with van der Waals surface area (Å²) in [6.45, 7) is -0.102. The number of carboxylic acids is 1. The van der Waals surface area contributed by atoms with Gasteiger partial charge < -0.3 is 15.1 Å². The molecule has 0 saturated heterocycles.